The number of alkyl carbamates (subject to hydrolysis) is 1. The number of hydrogen-bond donors (Lipinski definition) is 3. The lowest BCUT2D eigenvalue weighted by molar-refractivity contribution is -0.139. The molecular weight excluding hydrogens is 740 g/mol. The molecule has 3 fully saturated rings. The van der Waals surface area contributed by atoms with Crippen molar-refractivity contribution < 1.29 is 51.0 Å². The number of benzene rings is 1. The summed E-state index contributed by atoms with van der Waals surface area (Å²) in [4.78, 5) is 81.8. The number of amides is 6. The van der Waals surface area contributed by atoms with Crippen LogP contribution in [0.15, 0.2) is 30.9 Å². The number of nitrogens with two attached hydrogens (primary N) is 1. The van der Waals surface area contributed by atoms with Gasteiger partial charge in [0, 0.05) is 37.5 Å². The number of rotatable bonds is 16. The van der Waals surface area contributed by atoms with Crippen LogP contribution in [0.4, 0.5) is 14.0 Å². The zero-order chi connectivity index (χ0) is 40.2. The molecule has 16 nitrogen and oxygen atoms in total. The average Bonchev–Trinajstić information content (AvgIpc) is 4.02. The van der Waals surface area contributed by atoms with Gasteiger partial charge in [-0.2, -0.15) is 0 Å². The standard InChI is InChI=1S/C37H51FN6O10S/c1-5-31(45)42(15-7-10-22-17-26(22)33(47)41-55(51,52)25-13-14-25)16-8-12-29(40-35(49)54-37(2,3)4)34(48)44-20-24(18-30(44)32(39)46)53-36(50)43-19-23-9-6-11-28(38)27(23)21-43/h5-6,9,11,22,24-26,29-30H,1,7-8,10,12-21H2,2-4H3,(H2,39,46)(H,40,49)(H,41,47). The molecule has 5 unspecified atom stereocenters. The van der Waals surface area contributed by atoms with Crippen LogP contribution in [0.3, 0.4) is 0 Å². The predicted molar refractivity (Wildman–Crippen MR) is 195 cm³/mol. The van der Waals surface area contributed by atoms with Crippen molar-refractivity contribution in [3.8, 4) is 0 Å². The Morgan fingerprint density at radius 2 is 1.80 bits per heavy atom. The first-order valence-corrected chi connectivity index (χ1v) is 20.2. The van der Waals surface area contributed by atoms with Gasteiger partial charge < -0.3 is 30.3 Å². The molecule has 1 aromatic rings. The van der Waals surface area contributed by atoms with Crippen molar-refractivity contribution in [3.63, 3.8) is 0 Å². The van der Waals surface area contributed by atoms with Gasteiger partial charge in [-0.1, -0.05) is 18.7 Å². The maximum atomic E-state index is 14.3. The topological polar surface area (TPSA) is 215 Å². The van der Waals surface area contributed by atoms with Gasteiger partial charge in [0.1, 0.15) is 29.6 Å². The molecule has 0 spiro atoms. The summed E-state index contributed by atoms with van der Waals surface area (Å²) < 4.78 is 51.8. The molecule has 6 amide bonds. The SMILES string of the molecule is C=CC(=O)N(CCCC(NC(=O)OC(C)(C)C)C(=O)N1CC(OC(=O)N2Cc3cccc(F)c3C2)CC1C(N)=O)CCCC1CC1C(=O)NS(=O)(=O)C1CC1. The van der Waals surface area contributed by atoms with Gasteiger partial charge in [0.2, 0.25) is 33.7 Å². The maximum absolute atomic E-state index is 14.3. The van der Waals surface area contributed by atoms with Crippen molar-refractivity contribution in [1.82, 2.24) is 24.7 Å². The van der Waals surface area contributed by atoms with Crippen LogP contribution >= 0.6 is 0 Å². The Hall–Kier alpha value is -4.74. The fraction of sp³-hybridized carbons (Fsp3) is 0.622. The summed E-state index contributed by atoms with van der Waals surface area (Å²) in [6.07, 6.45) is 1.63. The molecule has 0 aromatic heterocycles. The van der Waals surface area contributed by atoms with Crippen LogP contribution in [0.1, 0.15) is 83.3 Å². The Bertz CT molecular complexity index is 1800. The van der Waals surface area contributed by atoms with Gasteiger partial charge in [0.25, 0.3) is 0 Å². The Morgan fingerprint density at radius 3 is 2.44 bits per heavy atom. The number of halogens is 1. The van der Waals surface area contributed by atoms with Crippen LogP contribution in [-0.2, 0) is 51.8 Å². The fourth-order valence-electron chi connectivity index (χ4n) is 7.09. The smallest absolute Gasteiger partial charge is 0.410 e. The van der Waals surface area contributed by atoms with Gasteiger partial charge in [-0.3, -0.25) is 28.8 Å². The number of likely N-dealkylation sites (tertiary alicyclic amines) is 1. The highest BCUT2D eigenvalue weighted by Crippen LogP contribution is 2.42. The molecule has 4 aliphatic rings. The highest BCUT2D eigenvalue weighted by Gasteiger charge is 2.46. The third kappa shape index (κ3) is 10.9. The van der Waals surface area contributed by atoms with E-state index in [1.807, 2.05) is 0 Å². The normalized spacial score (nSPS) is 22.3. The summed E-state index contributed by atoms with van der Waals surface area (Å²) in [6.45, 7) is 9.00. The molecule has 2 aliphatic carbocycles. The molecular formula is C37H51FN6O10S. The van der Waals surface area contributed by atoms with E-state index in [0.717, 1.165) is 6.08 Å². The molecule has 2 saturated carbocycles. The van der Waals surface area contributed by atoms with Gasteiger partial charge in [-0.15, -0.1) is 0 Å². The summed E-state index contributed by atoms with van der Waals surface area (Å²) in [5, 5.41) is 2.10. The first kappa shape index (κ1) is 41.4. The lowest BCUT2D eigenvalue weighted by Crippen LogP contribution is -2.53. The Kier molecular flexibility index (Phi) is 12.8. The summed E-state index contributed by atoms with van der Waals surface area (Å²) in [6, 6.07) is 2.22. The first-order valence-electron chi connectivity index (χ1n) is 18.6. The largest absolute Gasteiger partial charge is 0.444 e. The zero-order valence-corrected chi connectivity index (χ0v) is 32.3. The number of carbonyl (C=O) groups excluding carboxylic acids is 6. The molecule has 55 heavy (non-hydrogen) atoms. The van der Waals surface area contributed by atoms with E-state index < -0.39 is 74.8 Å². The predicted octanol–water partition coefficient (Wildman–Crippen LogP) is 2.45. The van der Waals surface area contributed by atoms with Crippen LogP contribution in [-0.4, -0.2) is 108 Å². The van der Waals surface area contributed by atoms with Gasteiger partial charge in [-0.05, 0) is 89.3 Å². The van der Waals surface area contributed by atoms with E-state index in [0.29, 0.717) is 49.8 Å². The third-order valence-electron chi connectivity index (χ3n) is 10.2. The van der Waals surface area contributed by atoms with Crippen LogP contribution in [0.2, 0.25) is 0 Å². The summed E-state index contributed by atoms with van der Waals surface area (Å²) in [5.74, 6) is -3.15. The van der Waals surface area contributed by atoms with Gasteiger partial charge in [0.15, 0.2) is 0 Å². The van der Waals surface area contributed by atoms with Crippen LogP contribution in [0.5, 0.6) is 0 Å². The van der Waals surface area contributed by atoms with E-state index in [4.69, 9.17) is 15.2 Å². The monoisotopic (exact) mass is 790 g/mol. The second kappa shape index (κ2) is 17.0. The van der Waals surface area contributed by atoms with E-state index in [-0.39, 0.29) is 63.2 Å². The van der Waals surface area contributed by atoms with E-state index in [1.54, 1.807) is 32.9 Å². The maximum Gasteiger partial charge on any atom is 0.410 e. The number of nitrogens with one attached hydrogen (secondary N) is 2. The molecule has 5 rings (SSSR count). The lowest BCUT2D eigenvalue weighted by atomic mass is 10.1. The van der Waals surface area contributed by atoms with Crippen molar-refractivity contribution in [2.24, 2.45) is 17.6 Å². The van der Waals surface area contributed by atoms with E-state index in [1.165, 1.54) is 20.8 Å². The molecule has 2 heterocycles. The second-order valence-electron chi connectivity index (χ2n) is 15.7. The average molecular weight is 791 g/mol. The van der Waals surface area contributed by atoms with Gasteiger partial charge in [0.05, 0.1) is 18.3 Å². The Labute approximate surface area is 320 Å². The van der Waals surface area contributed by atoms with Crippen molar-refractivity contribution in [1.29, 1.82) is 0 Å². The highest BCUT2D eigenvalue weighted by molar-refractivity contribution is 7.90. The number of sulfonamides is 1. The van der Waals surface area contributed by atoms with Crippen molar-refractivity contribution >= 4 is 45.8 Å². The molecule has 2 aliphatic heterocycles. The number of primary amides is 1. The van der Waals surface area contributed by atoms with Gasteiger partial charge in [-0.25, -0.2) is 22.4 Å². The van der Waals surface area contributed by atoms with Crippen LogP contribution in [0.25, 0.3) is 0 Å². The Morgan fingerprint density at radius 1 is 1.09 bits per heavy atom. The van der Waals surface area contributed by atoms with E-state index >= 15 is 0 Å². The molecule has 0 bridgehead atoms. The number of nitrogens with zero attached hydrogens (tertiary/aromatic N) is 3. The first-order chi connectivity index (χ1) is 25.9. The fourth-order valence-corrected chi connectivity index (χ4v) is 8.44. The minimum absolute atomic E-state index is 0.00604. The van der Waals surface area contributed by atoms with Crippen molar-refractivity contribution in [2.75, 3.05) is 19.6 Å². The zero-order valence-electron chi connectivity index (χ0n) is 31.5. The summed E-state index contributed by atoms with van der Waals surface area (Å²) in [5.41, 5.74) is 5.84. The molecule has 5 atom stereocenters. The quantitative estimate of drug-likeness (QED) is 0.208. The highest BCUT2D eigenvalue weighted by atomic mass is 32.2. The van der Waals surface area contributed by atoms with Gasteiger partial charge >= 0.3 is 12.2 Å². The Balaban J connectivity index is 1.17. The molecule has 4 N–H and O–H groups in total. The molecule has 0 radical (unpaired) electrons. The number of fused-ring (bicyclic) bond motifs is 1. The third-order valence-corrected chi connectivity index (χ3v) is 12.0. The molecule has 302 valence electrons. The van der Waals surface area contributed by atoms with E-state index in [9.17, 15) is 41.6 Å². The lowest BCUT2D eigenvalue weighted by Gasteiger charge is -2.29. The van der Waals surface area contributed by atoms with Crippen LogP contribution < -0.4 is 15.8 Å². The van der Waals surface area contributed by atoms with E-state index in [2.05, 4.69) is 16.6 Å². The minimum Gasteiger partial charge on any atom is -0.444 e. The molecule has 18 heteroatoms. The summed E-state index contributed by atoms with van der Waals surface area (Å²) >= 11 is 0. The minimum atomic E-state index is -3.62. The second-order valence-corrected chi connectivity index (χ2v) is 17.7. The number of carbonyl (C=O) groups is 6. The van der Waals surface area contributed by atoms with Crippen LogP contribution in [0, 0.1) is 17.7 Å². The number of ether oxygens (including phenoxy) is 2. The van der Waals surface area contributed by atoms with Crippen molar-refractivity contribution in [3.05, 3.63) is 47.8 Å². The number of hydrogen-bond acceptors (Lipinski definition) is 10. The molecule has 1 saturated heterocycles. The summed E-state index contributed by atoms with van der Waals surface area (Å²) in [7, 11) is -3.62. The van der Waals surface area contributed by atoms with Crippen molar-refractivity contribution in [2.45, 2.75) is 114 Å². The molecule has 1 aromatic carbocycles.